The molecule has 5 heteroatoms. The molecule has 1 fully saturated rings. The standard InChI is InChI=1S/C55H52O4S/c1-7-32-58-40-24-20-38(21-25-40)55(37-18-22-39(56-5)23-19-37)27-26-43-50-49(42-14-10-11-15-46(42)54(50)30-28-53(3,4)29-31-54)44-34-48(47(57-6)33-45(44)51(43)59-55)60-52-35(2)16-17-36-12-8-9-13-41(36)52/h8-27,33-34H,7,28-32H2,1-6H3. The predicted molar refractivity (Wildman–Crippen MR) is 247 cm³/mol. The Labute approximate surface area is 358 Å². The summed E-state index contributed by atoms with van der Waals surface area (Å²) in [6.45, 7) is 9.89. The molecule has 0 bridgehead atoms. The molecule has 1 saturated carbocycles. The molecular weight excluding hydrogens is 757 g/mol. The molecule has 10 rings (SSSR count). The predicted octanol–water partition coefficient (Wildman–Crippen LogP) is 14.5. The summed E-state index contributed by atoms with van der Waals surface area (Å²) < 4.78 is 25.9. The van der Waals surface area contributed by atoms with E-state index < -0.39 is 5.60 Å². The van der Waals surface area contributed by atoms with Crippen LogP contribution in [0.5, 0.6) is 23.0 Å². The van der Waals surface area contributed by atoms with Gasteiger partial charge in [-0.05, 0) is 131 Å². The lowest BCUT2D eigenvalue weighted by Gasteiger charge is -2.44. The van der Waals surface area contributed by atoms with Gasteiger partial charge in [0.05, 0.1) is 25.7 Å². The minimum absolute atomic E-state index is 0.134. The molecule has 0 radical (unpaired) electrons. The summed E-state index contributed by atoms with van der Waals surface area (Å²) in [4.78, 5) is 2.33. The van der Waals surface area contributed by atoms with Crippen molar-refractivity contribution in [2.75, 3.05) is 20.8 Å². The van der Waals surface area contributed by atoms with Crippen LogP contribution in [0.2, 0.25) is 0 Å². The number of methoxy groups -OCH3 is 2. The summed E-state index contributed by atoms with van der Waals surface area (Å²) in [5.74, 6) is 3.37. The first-order valence-corrected chi connectivity index (χ1v) is 22.2. The Hall–Kier alpha value is -5.65. The molecule has 0 N–H and O–H groups in total. The molecule has 4 nitrogen and oxygen atoms in total. The van der Waals surface area contributed by atoms with Crippen molar-refractivity contribution in [3.05, 3.63) is 161 Å². The Bertz CT molecular complexity index is 2810. The minimum Gasteiger partial charge on any atom is -0.497 e. The molecule has 1 spiro atoms. The molecule has 302 valence electrons. The van der Waals surface area contributed by atoms with Gasteiger partial charge in [0.15, 0.2) is 5.60 Å². The third kappa shape index (κ3) is 6.11. The number of rotatable bonds is 9. The Morgan fingerprint density at radius 3 is 2.12 bits per heavy atom. The molecule has 0 saturated heterocycles. The van der Waals surface area contributed by atoms with E-state index in [1.54, 1.807) is 26.0 Å². The van der Waals surface area contributed by atoms with E-state index in [-0.39, 0.29) is 10.8 Å². The summed E-state index contributed by atoms with van der Waals surface area (Å²) in [6.07, 6.45) is 10.1. The number of ether oxygens (including phenoxy) is 4. The summed E-state index contributed by atoms with van der Waals surface area (Å²) >= 11 is 1.80. The largest absolute Gasteiger partial charge is 0.497 e. The van der Waals surface area contributed by atoms with Crippen molar-refractivity contribution < 1.29 is 18.9 Å². The molecular formula is C55H52O4S. The van der Waals surface area contributed by atoms with E-state index in [2.05, 4.69) is 149 Å². The molecule has 3 aliphatic rings. The van der Waals surface area contributed by atoms with Gasteiger partial charge < -0.3 is 18.9 Å². The molecule has 0 aromatic heterocycles. The van der Waals surface area contributed by atoms with Crippen LogP contribution in [-0.2, 0) is 11.0 Å². The zero-order chi connectivity index (χ0) is 41.2. The van der Waals surface area contributed by atoms with Crippen molar-refractivity contribution in [2.45, 2.75) is 80.6 Å². The van der Waals surface area contributed by atoms with E-state index in [0.717, 1.165) is 76.5 Å². The third-order valence-electron chi connectivity index (χ3n) is 13.5. The second-order valence-corrected chi connectivity index (χ2v) is 18.7. The highest BCUT2D eigenvalue weighted by molar-refractivity contribution is 7.99. The molecule has 60 heavy (non-hydrogen) atoms. The summed E-state index contributed by atoms with van der Waals surface area (Å²) in [5, 5.41) is 4.73. The van der Waals surface area contributed by atoms with E-state index in [0.29, 0.717) is 6.61 Å². The van der Waals surface area contributed by atoms with Crippen LogP contribution in [0.3, 0.4) is 0 Å². The average Bonchev–Trinajstić information content (AvgIpc) is 3.57. The fraction of sp³-hybridized carbons (Fsp3) is 0.273. The highest BCUT2D eigenvalue weighted by atomic mass is 32.2. The van der Waals surface area contributed by atoms with Crippen LogP contribution in [0.25, 0.3) is 38.7 Å². The normalized spacial score (nSPS) is 18.2. The maximum absolute atomic E-state index is 7.80. The fourth-order valence-electron chi connectivity index (χ4n) is 10.2. The fourth-order valence-corrected chi connectivity index (χ4v) is 11.4. The van der Waals surface area contributed by atoms with Gasteiger partial charge in [0.2, 0.25) is 0 Å². The quantitative estimate of drug-likeness (QED) is 0.145. The van der Waals surface area contributed by atoms with Gasteiger partial charge >= 0.3 is 0 Å². The topological polar surface area (TPSA) is 36.9 Å². The van der Waals surface area contributed by atoms with E-state index >= 15 is 0 Å². The third-order valence-corrected chi connectivity index (χ3v) is 14.8. The zero-order valence-electron chi connectivity index (χ0n) is 35.5. The summed E-state index contributed by atoms with van der Waals surface area (Å²) in [6, 6.07) is 43.8. The number of fused-ring (bicyclic) bond motifs is 11. The summed E-state index contributed by atoms with van der Waals surface area (Å²) in [5.41, 5.74) is 9.21. The lowest BCUT2D eigenvalue weighted by atomic mass is 9.60. The van der Waals surface area contributed by atoms with Crippen LogP contribution in [-0.4, -0.2) is 20.8 Å². The van der Waals surface area contributed by atoms with Crippen LogP contribution in [0.1, 0.15) is 86.3 Å². The second kappa shape index (κ2) is 14.8. The average molecular weight is 809 g/mol. The van der Waals surface area contributed by atoms with E-state index in [1.165, 1.54) is 54.4 Å². The lowest BCUT2D eigenvalue weighted by molar-refractivity contribution is 0.161. The van der Waals surface area contributed by atoms with Crippen molar-refractivity contribution in [2.24, 2.45) is 5.41 Å². The van der Waals surface area contributed by atoms with Gasteiger partial charge in [0.25, 0.3) is 0 Å². The van der Waals surface area contributed by atoms with Gasteiger partial charge in [0, 0.05) is 32.4 Å². The van der Waals surface area contributed by atoms with Crippen LogP contribution < -0.4 is 18.9 Å². The molecule has 1 heterocycles. The van der Waals surface area contributed by atoms with Gasteiger partial charge in [-0.2, -0.15) is 0 Å². The highest BCUT2D eigenvalue weighted by Crippen LogP contribution is 2.64. The van der Waals surface area contributed by atoms with Crippen LogP contribution >= 0.6 is 11.8 Å². The first kappa shape index (κ1) is 38.5. The van der Waals surface area contributed by atoms with Crippen molar-refractivity contribution >= 4 is 39.4 Å². The number of benzene rings is 7. The van der Waals surface area contributed by atoms with Crippen LogP contribution in [0.15, 0.2) is 137 Å². The molecule has 1 atom stereocenters. The maximum Gasteiger partial charge on any atom is 0.178 e. The van der Waals surface area contributed by atoms with Crippen molar-refractivity contribution in [1.82, 2.24) is 0 Å². The summed E-state index contributed by atoms with van der Waals surface area (Å²) in [7, 11) is 3.50. The Kier molecular flexibility index (Phi) is 9.52. The number of hydrogen-bond acceptors (Lipinski definition) is 5. The molecule has 0 amide bonds. The van der Waals surface area contributed by atoms with Crippen molar-refractivity contribution in [3.8, 4) is 34.1 Å². The molecule has 2 aliphatic carbocycles. The SMILES string of the molecule is CCCOc1ccc(C2(c3ccc(OC)cc3)C=Cc3c4c(c5cc(Sc6c(C)ccc7ccccc67)c(OC)cc5c3O2)-c2ccccc2C42CCC(C)(C)CC2)cc1. The molecule has 1 aliphatic heterocycles. The van der Waals surface area contributed by atoms with Gasteiger partial charge in [-0.15, -0.1) is 0 Å². The van der Waals surface area contributed by atoms with Gasteiger partial charge in [-0.3, -0.25) is 0 Å². The van der Waals surface area contributed by atoms with E-state index in [1.807, 2.05) is 12.1 Å². The highest BCUT2D eigenvalue weighted by Gasteiger charge is 2.51. The Balaban J connectivity index is 1.25. The van der Waals surface area contributed by atoms with Crippen molar-refractivity contribution in [1.29, 1.82) is 0 Å². The van der Waals surface area contributed by atoms with Gasteiger partial charge in [-0.1, -0.05) is 124 Å². The number of aryl methyl sites for hydroxylation is 1. The smallest absolute Gasteiger partial charge is 0.178 e. The maximum atomic E-state index is 7.80. The molecule has 7 aromatic carbocycles. The Morgan fingerprint density at radius 1 is 0.700 bits per heavy atom. The van der Waals surface area contributed by atoms with Gasteiger partial charge in [0.1, 0.15) is 23.0 Å². The molecule has 7 aromatic rings. The van der Waals surface area contributed by atoms with E-state index in [4.69, 9.17) is 18.9 Å². The minimum atomic E-state index is -0.933. The first-order valence-electron chi connectivity index (χ1n) is 21.4. The number of hydrogen-bond donors (Lipinski definition) is 0. The van der Waals surface area contributed by atoms with Gasteiger partial charge in [-0.25, -0.2) is 0 Å². The Morgan fingerprint density at radius 2 is 1.40 bits per heavy atom. The monoisotopic (exact) mass is 808 g/mol. The first-order chi connectivity index (χ1) is 29.2. The second-order valence-electron chi connectivity index (χ2n) is 17.6. The molecule has 1 unspecified atom stereocenters. The lowest BCUT2D eigenvalue weighted by Crippen LogP contribution is -2.37. The van der Waals surface area contributed by atoms with Crippen LogP contribution in [0, 0.1) is 12.3 Å². The van der Waals surface area contributed by atoms with Crippen LogP contribution in [0.4, 0.5) is 0 Å². The van der Waals surface area contributed by atoms with Crippen molar-refractivity contribution in [3.63, 3.8) is 0 Å². The zero-order valence-corrected chi connectivity index (χ0v) is 36.3. The van der Waals surface area contributed by atoms with E-state index in [9.17, 15) is 0 Å².